The van der Waals surface area contributed by atoms with Crippen LogP contribution < -0.4 is 10.6 Å². The van der Waals surface area contributed by atoms with Gasteiger partial charge in [-0.2, -0.15) is 11.8 Å². The van der Waals surface area contributed by atoms with Gasteiger partial charge in [0.15, 0.2) is 10.9 Å². The summed E-state index contributed by atoms with van der Waals surface area (Å²) >= 11 is 3.30. The third-order valence-corrected chi connectivity index (χ3v) is 10.9. The van der Waals surface area contributed by atoms with Crippen LogP contribution in [0.3, 0.4) is 0 Å². The summed E-state index contributed by atoms with van der Waals surface area (Å²) in [5.41, 5.74) is 1.86. The second-order valence-electron chi connectivity index (χ2n) is 11.7. The fraction of sp³-hybridized carbons (Fsp3) is 0.633. The average Bonchev–Trinajstić information content (AvgIpc) is 3.31. The van der Waals surface area contributed by atoms with E-state index < -0.39 is 0 Å². The molecule has 40 heavy (non-hydrogen) atoms. The predicted octanol–water partition coefficient (Wildman–Crippen LogP) is 5.46. The zero-order chi connectivity index (χ0) is 28.1. The lowest BCUT2D eigenvalue weighted by Gasteiger charge is -2.45. The summed E-state index contributed by atoms with van der Waals surface area (Å²) in [6, 6.07) is 7.44. The number of Topliss-reactive ketones (excluding diaryl/α,β-unsaturated/α-hetero) is 1. The topological polar surface area (TPSA) is 77.6 Å². The molecule has 2 amide bonds. The number of amides is 2. The number of halogens is 1. The molecule has 0 radical (unpaired) electrons. The van der Waals surface area contributed by atoms with Gasteiger partial charge in [0.05, 0.1) is 10.6 Å². The Morgan fingerprint density at radius 2 is 1.85 bits per heavy atom. The largest absolute Gasteiger partial charge is 0.335 e. The van der Waals surface area contributed by atoms with Crippen molar-refractivity contribution in [2.75, 3.05) is 49.5 Å². The minimum atomic E-state index is -0.241. The number of thiazole rings is 1. The van der Waals surface area contributed by atoms with Crippen LogP contribution in [0.2, 0.25) is 0 Å². The molecule has 5 rings (SSSR count). The Morgan fingerprint density at radius 1 is 1.07 bits per heavy atom. The number of aromatic nitrogens is 1. The van der Waals surface area contributed by atoms with Crippen molar-refractivity contribution in [2.45, 2.75) is 64.5 Å². The number of urea groups is 1. The number of ketones is 1. The Hall–Kier alpha value is -2.01. The highest BCUT2D eigenvalue weighted by Crippen LogP contribution is 2.29. The lowest BCUT2D eigenvalue weighted by molar-refractivity contribution is 0.0608. The smallest absolute Gasteiger partial charge is 0.321 e. The number of hydrogen-bond donors (Lipinski definition) is 2. The van der Waals surface area contributed by atoms with Gasteiger partial charge in [0, 0.05) is 51.1 Å². The minimum Gasteiger partial charge on any atom is -0.335 e. The Balaban J connectivity index is 1.22. The molecule has 0 spiro atoms. The summed E-state index contributed by atoms with van der Waals surface area (Å²) in [6.07, 6.45) is 6.78. The first-order valence-corrected chi connectivity index (χ1v) is 16.7. The van der Waals surface area contributed by atoms with Crippen LogP contribution in [0.4, 0.5) is 14.3 Å². The van der Waals surface area contributed by atoms with Gasteiger partial charge >= 0.3 is 6.03 Å². The number of anilines is 1. The van der Waals surface area contributed by atoms with Crippen LogP contribution in [0.15, 0.2) is 24.3 Å². The molecule has 3 aliphatic rings. The van der Waals surface area contributed by atoms with Gasteiger partial charge in [-0.15, -0.1) is 0 Å². The van der Waals surface area contributed by atoms with E-state index in [-0.39, 0.29) is 23.7 Å². The Kier molecular flexibility index (Phi) is 10.1. The molecule has 7 nitrogen and oxygen atoms in total. The van der Waals surface area contributed by atoms with Crippen molar-refractivity contribution in [3.05, 3.63) is 46.2 Å². The molecule has 0 saturated carbocycles. The molecule has 0 bridgehead atoms. The number of piperidine rings is 2. The molecule has 3 unspecified atom stereocenters. The van der Waals surface area contributed by atoms with Gasteiger partial charge < -0.3 is 10.2 Å². The molecule has 10 heteroatoms. The standard InChI is InChI=1S/C30H42FN5O2S2/c1-20-28(21(2)37)40-30(32-20)34-29(38)33-27-9-13-36(26-10-14-39-15-11-26)19-24(27)18-35-12-3-4-23(17-35)16-22-5-7-25(31)8-6-22/h5-8,23-24,26-27H,3-4,9-19H2,1-2H3,(H2,32,33,34,38). The number of nitrogens with zero attached hydrogens (tertiary/aromatic N) is 3. The second-order valence-corrected chi connectivity index (χ2v) is 13.9. The number of aryl methyl sites for hydroxylation is 1. The third-order valence-electron chi connectivity index (χ3n) is 8.66. The molecule has 3 aliphatic heterocycles. The van der Waals surface area contributed by atoms with Crippen LogP contribution in [-0.4, -0.2) is 82.9 Å². The van der Waals surface area contributed by atoms with E-state index in [2.05, 4.69) is 37.2 Å². The number of rotatable bonds is 8. The lowest BCUT2D eigenvalue weighted by atomic mass is 9.87. The van der Waals surface area contributed by atoms with Gasteiger partial charge in [-0.1, -0.05) is 23.5 Å². The summed E-state index contributed by atoms with van der Waals surface area (Å²) in [7, 11) is 0. The SMILES string of the molecule is CC(=O)c1sc(NC(=O)NC2CCN(C3CCSCC3)CC2CN2CCCC(Cc3ccc(F)cc3)C2)nc1C. The fourth-order valence-electron chi connectivity index (χ4n) is 6.66. The monoisotopic (exact) mass is 587 g/mol. The second kappa shape index (κ2) is 13.8. The summed E-state index contributed by atoms with van der Waals surface area (Å²) in [4.78, 5) is 35.2. The third kappa shape index (κ3) is 7.84. The van der Waals surface area contributed by atoms with Gasteiger partial charge in [-0.25, -0.2) is 14.2 Å². The van der Waals surface area contributed by atoms with E-state index in [4.69, 9.17) is 0 Å². The maximum atomic E-state index is 13.4. The van der Waals surface area contributed by atoms with E-state index in [1.54, 1.807) is 19.1 Å². The molecule has 218 valence electrons. The summed E-state index contributed by atoms with van der Waals surface area (Å²) < 4.78 is 13.4. The van der Waals surface area contributed by atoms with Gasteiger partial charge in [0.2, 0.25) is 0 Å². The van der Waals surface area contributed by atoms with Crippen LogP contribution in [-0.2, 0) is 6.42 Å². The van der Waals surface area contributed by atoms with E-state index in [0.29, 0.717) is 33.6 Å². The first kappa shape index (κ1) is 29.5. The van der Waals surface area contributed by atoms with E-state index in [0.717, 1.165) is 45.6 Å². The molecule has 4 heterocycles. The molecule has 2 aromatic rings. The van der Waals surface area contributed by atoms with Crippen molar-refractivity contribution < 1.29 is 14.0 Å². The minimum absolute atomic E-state index is 0.0312. The normalized spacial score (nSPS) is 25.0. The van der Waals surface area contributed by atoms with Crippen LogP contribution in [0.5, 0.6) is 0 Å². The highest BCUT2D eigenvalue weighted by Gasteiger charge is 2.36. The summed E-state index contributed by atoms with van der Waals surface area (Å²) in [6.45, 7) is 8.43. The zero-order valence-electron chi connectivity index (χ0n) is 23.7. The number of nitrogens with one attached hydrogen (secondary N) is 2. The van der Waals surface area contributed by atoms with E-state index >= 15 is 0 Å². The fourth-order valence-corrected chi connectivity index (χ4v) is 8.60. The highest BCUT2D eigenvalue weighted by molar-refractivity contribution is 7.99. The van der Waals surface area contributed by atoms with Gasteiger partial charge in [0.25, 0.3) is 0 Å². The van der Waals surface area contributed by atoms with Crippen LogP contribution in [0.1, 0.15) is 60.0 Å². The number of hydrogen-bond acceptors (Lipinski definition) is 7. The number of carbonyl (C=O) groups excluding carboxylic acids is 2. The molecule has 0 aliphatic carbocycles. The maximum Gasteiger partial charge on any atom is 0.321 e. The quantitative estimate of drug-likeness (QED) is 0.400. The van der Waals surface area contributed by atoms with Crippen LogP contribution >= 0.6 is 23.1 Å². The Labute approximate surface area is 245 Å². The molecule has 1 aromatic carbocycles. The number of benzene rings is 1. The summed E-state index contributed by atoms with van der Waals surface area (Å²) in [5, 5.41) is 6.64. The van der Waals surface area contributed by atoms with E-state index in [1.165, 1.54) is 61.0 Å². The lowest BCUT2D eigenvalue weighted by Crippen LogP contribution is -2.57. The highest BCUT2D eigenvalue weighted by atomic mass is 32.2. The van der Waals surface area contributed by atoms with Crippen molar-refractivity contribution in [1.29, 1.82) is 0 Å². The van der Waals surface area contributed by atoms with Gasteiger partial charge in [-0.3, -0.25) is 15.0 Å². The zero-order valence-corrected chi connectivity index (χ0v) is 25.3. The van der Waals surface area contributed by atoms with Crippen molar-refractivity contribution >= 4 is 40.0 Å². The molecule has 3 fully saturated rings. The number of likely N-dealkylation sites (tertiary alicyclic amines) is 2. The van der Waals surface area contributed by atoms with E-state index in [9.17, 15) is 14.0 Å². The first-order chi connectivity index (χ1) is 19.3. The van der Waals surface area contributed by atoms with Crippen molar-refractivity contribution in [2.24, 2.45) is 11.8 Å². The van der Waals surface area contributed by atoms with Crippen molar-refractivity contribution in [3.63, 3.8) is 0 Å². The molecule has 3 atom stereocenters. The predicted molar refractivity (Wildman–Crippen MR) is 162 cm³/mol. The molecular formula is C30H42FN5O2S2. The van der Waals surface area contributed by atoms with Gasteiger partial charge in [-0.05, 0) is 87.1 Å². The number of thioether (sulfide) groups is 1. The molecular weight excluding hydrogens is 545 g/mol. The van der Waals surface area contributed by atoms with Gasteiger partial charge in [0.1, 0.15) is 5.82 Å². The Bertz CT molecular complexity index is 1150. The Morgan fingerprint density at radius 3 is 2.58 bits per heavy atom. The molecule has 2 N–H and O–H groups in total. The van der Waals surface area contributed by atoms with Crippen molar-refractivity contribution in [1.82, 2.24) is 20.1 Å². The molecule has 1 aromatic heterocycles. The average molecular weight is 588 g/mol. The summed E-state index contributed by atoms with van der Waals surface area (Å²) in [5.74, 6) is 3.16. The first-order valence-electron chi connectivity index (χ1n) is 14.7. The van der Waals surface area contributed by atoms with Crippen molar-refractivity contribution in [3.8, 4) is 0 Å². The molecule has 3 saturated heterocycles. The van der Waals surface area contributed by atoms with E-state index in [1.807, 2.05) is 12.1 Å². The van der Waals surface area contributed by atoms with Crippen LogP contribution in [0.25, 0.3) is 0 Å². The number of carbonyl (C=O) groups is 2. The maximum absolute atomic E-state index is 13.4. The van der Waals surface area contributed by atoms with Crippen LogP contribution in [0, 0.1) is 24.6 Å².